The summed E-state index contributed by atoms with van der Waals surface area (Å²) in [5.74, 6) is 1.12. The van der Waals surface area contributed by atoms with Gasteiger partial charge in [-0.3, -0.25) is 9.69 Å². The van der Waals surface area contributed by atoms with Gasteiger partial charge in [-0.2, -0.15) is 4.98 Å². The molecule has 1 N–H and O–H groups in total. The number of rotatable bonds is 12. The normalized spacial score (nSPS) is 12.1. The predicted octanol–water partition coefficient (Wildman–Crippen LogP) is 4.78. The van der Waals surface area contributed by atoms with Crippen LogP contribution in [0.1, 0.15) is 38.1 Å². The molecule has 2 aromatic carbocycles. The van der Waals surface area contributed by atoms with Crippen molar-refractivity contribution in [2.75, 3.05) is 19.6 Å². The van der Waals surface area contributed by atoms with E-state index in [1.54, 1.807) is 12.1 Å². The highest BCUT2D eigenvalue weighted by Crippen LogP contribution is 2.19. The van der Waals surface area contributed by atoms with Crippen LogP contribution in [0, 0.1) is 0 Å². The van der Waals surface area contributed by atoms with Crippen molar-refractivity contribution in [1.29, 1.82) is 0 Å². The maximum absolute atomic E-state index is 12.4. The molecule has 0 saturated heterocycles. The van der Waals surface area contributed by atoms with E-state index in [2.05, 4.69) is 58.5 Å². The SMILES string of the molecule is CCN(CC)C(CNC(=O)CCCc1nc(-c2ccc(Cl)cc2)no1)Cc1ccccc1. The Kier molecular flexibility index (Phi) is 9.26. The summed E-state index contributed by atoms with van der Waals surface area (Å²) in [6.07, 6.45) is 2.56. The standard InChI is InChI=1S/C25H31ClN4O2/c1-3-30(4-2)22(17-19-9-6-5-7-10-19)18-27-23(31)11-8-12-24-28-25(29-32-24)20-13-15-21(26)16-14-20/h5-7,9-10,13-16,22H,3-4,8,11-12,17-18H2,1-2H3,(H,27,31). The van der Waals surface area contributed by atoms with Gasteiger partial charge >= 0.3 is 0 Å². The number of hydrogen-bond acceptors (Lipinski definition) is 5. The van der Waals surface area contributed by atoms with E-state index < -0.39 is 0 Å². The highest BCUT2D eigenvalue weighted by atomic mass is 35.5. The molecule has 1 heterocycles. The number of carbonyl (C=O) groups is 1. The van der Waals surface area contributed by atoms with Crippen LogP contribution in [0.3, 0.4) is 0 Å². The number of amides is 1. The minimum Gasteiger partial charge on any atom is -0.355 e. The zero-order chi connectivity index (χ0) is 22.8. The highest BCUT2D eigenvalue weighted by Gasteiger charge is 2.17. The summed E-state index contributed by atoms with van der Waals surface area (Å²) in [7, 11) is 0. The van der Waals surface area contributed by atoms with Crippen molar-refractivity contribution in [3.05, 3.63) is 71.1 Å². The number of hydrogen-bond donors (Lipinski definition) is 1. The first-order valence-electron chi connectivity index (χ1n) is 11.2. The number of carbonyl (C=O) groups excluding carboxylic acids is 1. The summed E-state index contributed by atoms with van der Waals surface area (Å²) in [4.78, 5) is 19.2. The van der Waals surface area contributed by atoms with Crippen LogP contribution < -0.4 is 5.32 Å². The first-order chi connectivity index (χ1) is 15.6. The van der Waals surface area contributed by atoms with Crippen LogP contribution in [0.25, 0.3) is 11.4 Å². The zero-order valence-corrected chi connectivity index (χ0v) is 19.5. The number of likely N-dealkylation sites (N-methyl/N-ethyl adjacent to an activating group) is 1. The molecule has 0 aliphatic rings. The summed E-state index contributed by atoms with van der Waals surface area (Å²) < 4.78 is 5.32. The van der Waals surface area contributed by atoms with E-state index in [-0.39, 0.29) is 11.9 Å². The number of halogens is 1. The maximum Gasteiger partial charge on any atom is 0.226 e. The summed E-state index contributed by atoms with van der Waals surface area (Å²) in [6, 6.07) is 18.0. The molecular formula is C25H31ClN4O2. The summed E-state index contributed by atoms with van der Waals surface area (Å²) in [5, 5.41) is 7.79. The molecule has 0 radical (unpaired) electrons. The molecule has 0 saturated carbocycles. The zero-order valence-electron chi connectivity index (χ0n) is 18.8. The minimum atomic E-state index is 0.0488. The van der Waals surface area contributed by atoms with Gasteiger partial charge in [-0.25, -0.2) is 0 Å². The van der Waals surface area contributed by atoms with Crippen LogP contribution in [0.5, 0.6) is 0 Å². The van der Waals surface area contributed by atoms with Crippen molar-refractivity contribution in [3.8, 4) is 11.4 Å². The molecule has 6 nitrogen and oxygen atoms in total. The summed E-state index contributed by atoms with van der Waals surface area (Å²) >= 11 is 5.92. The molecule has 0 aliphatic carbocycles. The van der Waals surface area contributed by atoms with E-state index in [9.17, 15) is 4.79 Å². The van der Waals surface area contributed by atoms with Crippen LogP contribution in [0.15, 0.2) is 59.1 Å². The molecule has 170 valence electrons. The van der Waals surface area contributed by atoms with Gasteiger partial charge in [0.2, 0.25) is 17.6 Å². The molecule has 1 atom stereocenters. The first-order valence-corrected chi connectivity index (χ1v) is 11.6. The maximum atomic E-state index is 12.4. The van der Waals surface area contributed by atoms with E-state index >= 15 is 0 Å². The van der Waals surface area contributed by atoms with Crippen LogP contribution in [0.2, 0.25) is 5.02 Å². The molecule has 0 fully saturated rings. The quantitative estimate of drug-likeness (QED) is 0.426. The Morgan fingerprint density at radius 2 is 1.81 bits per heavy atom. The van der Waals surface area contributed by atoms with Crippen molar-refractivity contribution in [3.63, 3.8) is 0 Å². The lowest BCUT2D eigenvalue weighted by molar-refractivity contribution is -0.121. The van der Waals surface area contributed by atoms with Crippen LogP contribution in [0.4, 0.5) is 0 Å². The molecule has 7 heteroatoms. The number of nitrogens with one attached hydrogen (secondary N) is 1. The van der Waals surface area contributed by atoms with Crippen LogP contribution in [-0.4, -0.2) is 46.6 Å². The summed E-state index contributed by atoms with van der Waals surface area (Å²) in [6.45, 7) is 6.86. The second-order valence-corrected chi connectivity index (χ2v) is 8.18. The van der Waals surface area contributed by atoms with Gasteiger partial charge in [0.25, 0.3) is 0 Å². The van der Waals surface area contributed by atoms with Crippen LogP contribution >= 0.6 is 11.6 Å². The van der Waals surface area contributed by atoms with Crippen LogP contribution in [-0.2, 0) is 17.6 Å². The fraction of sp³-hybridized carbons (Fsp3) is 0.400. The third-order valence-electron chi connectivity index (χ3n) is 5.54. The predicted molar refractivity (Wildman–Crippen MR) is 128 cm³/mol. The van der Waals surface area contributed by atoms with Crippen molar-refractivity contribution in [1.82, 2.24) is 20.4 Å². The molecule has 1 unspecified atom stereocenters. The monoisotopic (exact) mass is 454 g/mol. The van der Waals surface area contributed by atoms with Gasteiger partial charge in [-0.05, 0) is 55.8 Å². The molecule has 3 aromatic rings. The van der Waals surface area contributed by atoms with Crippen molar-refractivity contribution < 1.29 is 9.32 Å². The number of benzene rings is 2. The molecule has 1 amide bonds. The van der Waals surface area contributed by atoms with Gasteiger partial charge in [-0.1, -0.05) is 60.9 Å². The van der Waals surface area contributed by atoms with Crippen molar-refractivity contribution in [2.45, 2.75) is 45.6 Å². The molecule has 1 aromatic heterocycles. The smallest absolute Gasteiger partial charge is 0.226 e. The largest absolute Gasteiger partial charge is 0.355 e. The molecule has 0 bridgehead atoms. The van der Waals surface area contributed by atoms with Gasteiger partial charge in [0, 0.05) is 36.0 Å². The lowest BCUT2D eigenvalue weighted by atomic mass is 10.0. The second-order valence-electron chi connectivity index (χ2n) is 7.74. The Balaban J connectivity index is 1.45. The fourth-order valence-electron chi connectivity index (χ4n) is 3.75. The van der Waals surface area contributed by atoms with E-state index in [1.807, 2.05) is 18.2 Å². The minimum absolute atomic E-state index is 0.0488. The Labute approximate surface area is 195 Å². The van der Waals surface area contributed by atoms with E-state index in [1.165, 1.54) is 5.56 Å². The van der Waals surface area contributed by atoms with E-state index in [0.29, 0.717) is 42.5 Å². The van der Waals surface area contributed by atoms with Crippen molar-refractivity contribution >= 4 is 17.5 Å². The first kappa shape index (κ1) is 24.0. The van der Waals surface area contributed by atoms with Gasteiger partial charge in [0.15, 0.2) is 0 Å². The number of aromatic nitrogens is 2. The third-order valence-corrected chi connectivity index (χ3v) is 5.79. The van der Waals surface area contributed by atoms with E-state index in [0.717, 1.165) is 25.1 Å². The van der Waals surface area contributed by atoms with Gasteiger partial charge in [-0.15, -0.1) is 0 Å². The Morgan fingerprint density at radius 3 is 2.50 bits per heavy atom. The highest BCUT2D eigenvalue weighted by molar-refractivity contribution is 6.30. The van der Waals surface area contributed by atoms with Gasteiger partial charge in [0.05, 0.1) is 0 Å². The summed E-state index contributed by atoms with van der Waals surface area (Å²) in [5.41, 5.74) is 2.13. The van der Waals surface area contributed by atoms with Gasteiger partial charge in [0.1, 0.15) is 0 Å². The molecule has 0 aliphatic heterocycles. The van der Waals surface area contributed by atoms with Gasteiger partial charge < -0.3 is 9.84 Å². The average Bonchev–Trinajstić information content (AvgIpc) is 3.28. The Hall–Kier alpha value is -2.70. The molecule has 3 rings (SSSR count). The molecule has 0 spiro atoms. The van der Waals surface area contributed by atoms with E-state index in [4.69, 9.17) is 16.1 Å². The topological polar surface area (TPSA) is 71.3 Å². The average molecular weight is 455 g/mol. The molecular weight excluding hydrogens is 424 g/mol. The Morgan fingerprint density at radius 1 is 1.09 bits per heavy atom. The fourth-order valence-corrected chi connectivity index (χ4v) is 3.88. The lowest BCUT2D eigenvalue weighted by Crippen LogP contribution is -2.45. The Bertz CT molecular complexity index is 956. The number of aryl methyl sites for hydroxylation is 1. The van der Waals surface area contributed by atoms with Crippen molar-refractivity contribution in [2.24, 2.45) is 0 Å². The third kappa shape index (κ3) is 7.18. The lowest BCUT2D eigenvalue weighted by Gasteiger charge is -2.30. The second kappa shape index (κ2) is 12.4. The number of nitrogens with zero attached hydrogens (tertiary/aromatic N) is 3. The molecule has 32 heavy (non-hydrogen) atoms.